The van der Waals surface area contributed by atoms with Gasteiger partial charge in [-0.15, -0.1) is 0 Å². The molecule has 0 atom stereocenters. The molecule has 1 aliphatic rings. The van der Waals surface area contributed by atoms with E-state index in [0.29, 0.717) is 0 Å². The maximum absolute atomic E-state index is 5.31. The van der Waals surface area contributed by atoms with E-state index < -0.39 is 0 Å². The van der Waals surface area contributed by atoms with Gasteiger partial charge in [0.25, 0.3) is 0 Å². The van der Waals surface area contributed by atoms with Crippen LogP contribution in [0.1, 0.15) is 11.1 Å². The number of ether oxygens (including phenoxy) is 2. The summed E-state index contributed by atoms with van der Waals surface area (Å²) < 4.78 is 10.6. The summed E-state index contributed by atoms with van der Waals surface area (Å²) in [5.41, 5.74) is 4.27. The van der Waals surface area contributed by atoms with Crippen LogP contribution in [0.25, 0.3) is 0 Å². The second kappa shape index (κ2) is 7.97. The molecule has 0 N–H and O–H groups in total. The van der Waals surface area contributed by atoms with Gasteiger partial charge in [-0.25, -0.2) is 0 Å². The van der Waals surface area contributed by atoms with Crippen LogP contribution in [-0.4, -0.2) is 27.3 Å². The van der Waals surface area contributed by atoms with Crippen LogP contribution in [0.2, 0.25) is 0 Å². The van der Waals surface area contributed by atoms with E-state index in [2.05, 4.69) is 83.8 Å². The molecule has 1 saturated heterocycles. The molecule has 0 unspecified atom stereocenters. The summed E-state index contributed by atoms with van der Waals surface area (Å²) in [4.78, 5) is 2.48. The molecule has 3 aromatic carbocycles. The Morgan fingerprint density at radius 1 is 0.679 bits per heavy atom. The maximum Gasteiger partial charge on any atom is 0.118 e. The molecule has 4 rings (SSSR count). The standard InChI is InChI=1S/C25H27NO2/c1-27-23-12-8-20(9-13-23)16-25(17-21-10-14-24(28-2)15-11-21)18-26(19-25)22-6-4-3-5-7-22/h3-15H,16-19H2,1-2H3. The molecule has 0 amide bonds. The number of benzene rings is 3. The zero-order valence-corrected chi connectivity index (χ0v) is 16.6. The lowest BCUT2D eigenvalue weighted by Gasteiger charge is -2.52. The van der Waals surface area contributed by atoms with Crippen molar-refractivity contribution >= 4 is 5.69 Å². The van der Waals surface area contributed by atoms with Crippen LogP contribution < -0.4 is 14.4 Å². The Morgan fingerprint density at radius 3 is 1.57 bits per heavy atom. The van der Waals surface area contributed by atoms with Gasteiger partial charge in [0.05, 0.1) is 14.2 Å². The highest BCUT2D eigenvalue weighted by molar-refractivity contribution is 5.50. The van der Waals surface area contributed by atoms with Crippen LogP contribution in [0.3, 0.4) is 0 Å². The van der Waals surface area contributed by atoms with Crippen molar-refractivity contribution in [3.63, 3.8) is 0 Å². The molecule has 1 fully saturated rings. The van der Waals surface area contributed by atoms with Crippen LogP contribution in [0, 0.1) is 5.41 Å². The molecule has 0 bridgehead atoms. The maximum atomic E-state index is 5.31. The van der Waals surface area contributed by atoms with Gasteiger partial charge in [-0.1, -0.05) is 42.5 Å². The third kappa shape index (κ3) is 3.99. The van der Waals surface area contributed by atoms with E-state index in [-0.39, 0.29) is 5.41 Å². The monoisotopic (exact) mass is 373 g/mol. The summed E-state index contributed by atoms with van der Waals surface area (Å²) in [6.45, 7) is 2.13. The number of hydrogen-bond acceptors (Lipinski definition) is 3. The minimum absolute atomic E-state index is 0.235. The van der Waals surface area contributed by atoms with E-state index >= 15 is 0 Å². The summed E-state index contributed by atoms with van der Waals surface area (Å²) >= 11 is 0. The number of nitrogens with zero attached hydrogens (tertiary/aromatic N) is 1. The van der Waals surface area contributed by atoms with Crippen molar-refractivity contribution in [1.29, 1.82) is 0 Å². The Morgan fingerprint density at radius 2 is 1.14 bits per heavy atom. The van der Waals surface area contributed by atoms with E-state index in [1.54, 1.807) is 14.2 Å². The number of methoxy groups -OCH3 is 2. The fourth-order valence-electron chi connectivity index (χ4n) is 4.22. The van der Waals surface area contributed by atoms with Crippen LogP contribution in [0.4, 0.5) is 5.69 Å². The first-order chi connectivity index (χ1) is 13.7. The molecule has 0 spiro atoms. The lowest BCUT2D eigenvalue weighted by Crippen LogP contribution is -2.58. The fraction of sp³-hybridized carbons (Fsp3) is 0.280. The highest BCUT2D eigenvalue weighted by atomic mass is 16.5. The lowest BCUT2D eigenvalue weighted by molar-refractivity contribution is 0.209. The van der Waals surface area contributed by atoms with Crippen molar-refractivity contribution in [2.75, 3.05) is 32.2 Å². The van der Waals surface area contributed by atoms with Crippen LogP contribution in [0.15, 0.2) is 78.9 Å². The molecule has 0 aliphatic carbocycles. The molecule has 3 aromatic rings. The normalized spacial score (nSPS) is 15.0. The predicted octanol–water partition coefficient (Wildman–Crippen LogP) is 5.00. The van der Waals surface area contributed by atoms with Crippen molar-refractivity contribution < 1.29 is 9.47 Å². The van der Waals surface area contributed by atoms with E-state index in [1.165, 1.54) is 16.8 Å². The Bertz CT molecular complexity index is 831. The van der Waals surface area contributed by atoms with E-state index in [9.17, 15) is 0 Å². The van der Waals surface area contributed by atoms with Gasteiger partial charge in [0.1, 0.15) is 11.5 Å². The molecule has 28 heavy (non-hydrogen) atoms. The summed E-state index contributed by atoms with van der Waals surface area (Å²) in [6, 6.07) is 27.7. The summed E-state index contributed by atoms with van der Waals surface area (Å²) in [7, 11) is 3.42. The third-order valence-electron chi connectivity index (χ3n) is 5.65. The van der Waals surface area contributed by atoms with Gasteiger partial charge < -0.3 is 14.4 Å². The van der Waals surface area contributed by atoms with E-state index in [0.717, 1.165) is 37.4 Å². The van der Waals surface area contributed by atoms with Crippen molar-refractivity contribution in [3.05, 3.63) is 90.0 Å². The van der Waals surface area contributed by atoms with E-state index in [4.69, 9.17) is 9.47 Å². The lowest BCUT2D eigenvalue weighted by atomic mass is 9.70. The quantitative estimate of drug-likeness (QED) is 0.582. The van der Waals surface area contributed by atoms with Crippen molar-refractivity contribution in [1.82, 2.24) is 0 Å². The van der Waals surface area contributed by atoms with Gasteiger partial charge >= 0.3 is 0 Å². The first-order valence-electron chi connectivity index (χ1n) is 9.76. The zero-order chi connectivity index (χ0) is 19.4. The average molecular weight is 373 g/mol. The molecule has 0 radical (unpaired) electrons. The second-order valence-corrected chi connectivity index (χ2v) is 7.74. The van der Waals surface area contributed by atoms with E-state index in [1.807, 2.05) is 0 Å². The Kier molecular flexibility index (Phi) is 5.25. The number of para-hydroxylation sites is 1. The first-order valence-corrected chi connectivity index (χ1v) is 9.76. The van der Waals surface area contributed by atoms with Crippen molar-refractivity contribution in [2.24, 2.45) is 5.41 Å². The largest absolute Gasteiger partial charge is 0.497 e. The van der Waals surface area contributed by atoms with Gasteiger partial charge in [0.2, 0.25) is 0 Å². The molecule has 3 heteroatoms. The smallest absolute Gasteiger partial charge is 0.118 e. The van der Waals surface area contributed by atoms with Gasteiger partial charge in [0, 0.05) is 24.2 Å². The zero-order valence-electron chi connectivity index (χ0n) is 16.6. The molecular formula is C25H27NO2. The fourth-order valence-corrected chi connectivity index (χ4v) is 4.22. The highest BCUT2D eigenvalue weighted by Crippen LogP contribution is 2.40. The van der Waals surface area contributed by atoms with Crippen molar-refractivity contribution in [3.8, 4) is 11.5 Å². The third-order valence-corrected chi connectivity index (χ3v) is 5.65. The molecular weight excluding hydrogens is 346 g/mol. The van der Waals surface area contributed by atoms with Crippen LogP contribution >= 0.6 is 0 Å². The second-order valence-electron chi connectivity index (χ2n) is 7.74. The molecule has 0 saturated carbocycles. The Balaban J connectivity index is 1.54. The Labute approximate surface area is 167 Å². The number of anilines is 1. The van der Waals surface area contributed by atoms with Gasteiger partial charge in [0.15, 0.2) is 0 Å². The number of rotatable bonds is 7. The molecule has 0 aromatic heterocycles. The van der Waals surface area contributed by atoms with Gasteiger partial charge in [-0.3, -0.25) is 0 Å². The molecule has 144 valence electrons. The molecule has 3 nitrogen and oxygen atoms in total. The molecule has 1 heterocycles. The summed E-state index contributed by atoms with van der Waals surface area (Å²) in [6.07, 6.45) is 2.12. The van der Waals surface area contributed by atoms with Crippen molar-refractivity contribution in [2.45, 2.75) is 12.8 Å². The topological polar surface area (TPSA) is 21.7 Å². The number of hydrogen-bond donors (Lipinski definition) is 0. The highest BCUT2D eigenvalue weighted by Gasteiger charge is 2.43. The van der Waals surface area contributed by atoms with Crippen LogP contribution in [0.5, 0.6) is 11.5 Å². The van der Waals surface area contributed by atoms with Crippen LogP contribution in [-0.2, 0) is 12.8 Å². The summed E-state index contributed by atoms with van der Waals surface area (Å²) in [5, 5.41) is 0. The SMILES string of the molecule is COc1ccc(CC2(Cc3ccc(OC)cc3)CN(c3ccccc3)C2)cc1. The summed E-state index contributed by atoms with van der Waals surface area (Å²) in [5.74, 6) is 1.82. The molecule has 1 aliphatic heterocycles. The Hall–Kier alpha value is -2.94. The van der Waals surface area contributed by atoms with Gasteiger partial charge in [-0.2, -0.15) is 0 Å². The average Bonchev–Trinajstić information content (AvgIpc) is 2.73. The minimum atomic E-state index is 0.235. The minimum Gasteiger partial charge on any atom is -0.497 e. The predicted molar refractivity (Wildman–Crippen MR) is 114 cm³/mol. The first kappa shape index (κ1) is 18.4. The van der Waals surface area contributed by atoms with Gasteiger partial charge in [-0.05, 0) is 60.4 Å².